The zero-order chi connectivity index (χ0) is 22.6. The van der Waals surface area contributed by atoms with Crippen molar-refractivity contribution in [3.05, 3.63) is 59.7 Å². The second-order valence-electron chi connectivity index (χ2n) is 10.1. The average Bonchev–Trinajstić information content (AvgIpc) is 2.89. The van der Waals surface area contributed by atoms with E-state index in [2.05, 4.69) is 70.6 Å². The van der Waals surface area contributed by atoms with E-state index in [4.69, 9.17) is 0 Å². The second-order valence-corrected chi connectivity index (χ2v) is 10.1. The minimum atomic E-state index is -0.00924. The number of carbonyl (C=O) groups excluding carboxylic acids is 1. The number of anilines is 2. The number of aryl methyl sites for hydroxylation is 2. The van der Waals surface area contributed by atoms with E-state index in [1.165, 1.54) is 41.8 Å². The van der Waals surface area contributed by atoms with Crippen molar-refractivity contribution < 1.29 is 4.79 Å². The molecule has 0 bridgehead atoms. The van der Waals surface area contributed by atoms with Gasteiger partial charge in [0.2, 0.25) is 0 Å². The molecule has 1 saturated carbocycles. The summed E-state index contributed by atoms with van der Waals surface area (Å²) in [5, 5.41) is 3.80. The topological polar surface area (TPSA) is 35.6 Å². The quantitative estimate of drug-likeness (QED) is 0.653. The van der Waals surface area contributed by atoms with Crippen LogP contribution in [0.2, 0.25) is 0 Å². The van der Waals surface area contributed by atoms with Crippen LogP contribution in [-0.2, 0) is 17.6 Å². The zero-order valence-electron chi connectivity index (χ0n) is 20.1. The van der Waals surface area contributed by atoms with Crippen molar-refractivity contribution in [3.63, 3.8) is 0 Å². The number of benzene rings is 2. The fraction of sp³-hybridized carbons (Fsp3) is 0.552. The van der Waals surface area contributed by atoms with E-state index < -0.39 is 0 Å². The van der Waals surface area contributed by atoms with Crippen molar-refractivity contribution in [1.29, 1.82) is 0 Å². The van der Waals surface area contributed by atoms with Gasteiger partial charge in [-0.3, -0.25) is 9.69 Å². The highest BCUT2D eigenvalue weighted by molar-refractivity contribution is 5.88. The van der Waals surface area contributed by atoms with Crippen molar-refractivity contribution in [2.75, 3.05) is 36.4 Å². The number of fused-ring (bicyclic) bond motifs is 1. The number of para-hydroxylation sites is 2. The summed E-state index contributed by atoms with van der Waals surface area (Å²) in [6.07, 6.45) is 9.05. The van der Waals surface area contributed by atoms with Gasteiger partial charge in [0.15, 0.2) is 5.78 Å². The number of hydrogen-bond acceptors (Lipinski definition) is 4. The van der Waals surface area contributed by atoms with Gasteiger partial charge in [0, 0.05) is 49.5 Å². The highest BCUT2D eigenvalue weighted by Gasteiger charge is 2.40. The van der Waals surface area contributed by atoms with Crippen LogP contribution in [0.3, 0.4) is 0 Å². The molecule has 0 amide bonds. The summed E-state index contributed by atoms with van der Waals surface area (Å²) in [4.78, 5) is 19.0. The van der Waals surface area contributed by atoms with Gasteiger partial charge in [-0.1, -0.05) is 62.6 Å². The molecule has 2 heterocycles. The second kappa shape index (κ2) is 10.3. The van der Waals surface area contributed by atoms with Gasteiger partial charge in [-0.25, -0.2) is 0 Å². The first kappa shape index (κ1) is 22.5. The van der Waals surface area contributed by atoms with E-state index in [9.17, 15) is 4.79 Å². The molecular weight excluding hydrogens is 406 g/mol. The van der Waals surface area contributed by atoms with Crippen LogP contribution in [0.1, 0.15) is 56.6 Å². The third kappa shape index (κ3) is 4.82. The molecule has 3 aliphatic rings. The third-order valence-electron chi connectivity index (χ3n) is 8.18. The number of nitrogens with one attached hydrogen (secondary N) is 1. The summed E-state index contributed by atoms with van der Waals surface area (Å²) < 4.78 is 0. The molecule has 1 N–H and O–H groups in total. The standard InChI is InChI=1S/C29H39N3O/c1-2-22-10-7-9-15-27(22)31-18-20-32(21-19-31)28(29(33)24-12-4-3-5-13-24)26-17-16-23-11-6-8-14-25(23)30-26/h6-11,14-15,24,26,28,30H,2-5,12-13,16-21H2,1H3. The number of ketones is 1. The summed E-state index contributed by atoms with van der Waals surface area (Å²) in [6, 6.07) is 17.6. The fourth-order valence-corrected chi connectivity index (χ4v) is 6.32. The Morgan fingerprint density at radius 1 is 0.939 bits per heavy atom. The van der Waals surface area contributed by atoms with E-state index >= 15 is 0 Å². The molecule has 2 fully saturated rings. The lowest BCUT2D eigenvalue weighted by Gasteiger charge is -2.45. The number of carbonyl (C=O) groups is 1. The minimum absolute atomic E-state index is 0.00924. The first-order valence-corrected chi connectivity index (χ1v) is 13.2. The molecule has 176 valence electrons. The van der Waals surface area contributed by atoms with Crippen LogP contribution in [0.15, 0.2) is 48.5 Å². The largest absolute Gasteiger partial charge is 0.380 e. The summed E-state index contributed by atoms with van der Waals surface area (Å²) in [6.45, 7) is 6.14. The Bertz CT molecular complexity index is 943. The van der Waals surface area contributed by atoms with Crippen LogP contribution in [0.5, 0.6) is 0 Å². The smallest absolute Gasteiger partial charge is 0.155 e. The maximum Gasteiger partial charge on any atom is 0.155 e. The third-order valence-corrected chi connectivity index (χ3v) is 8.18. The van der Waals surface area contributed by atoms with Gasteiger partial charge < -0.3 is 10.2 Å². The number of rotatable bonds is 6. The van der Waals surface area contributed by atoms with Crippen LogP contribution in [-0.4, -0.2) is 48.9 Å². The maximum absolute atomic E-state index is 14.0. The van der Waals surface area contributed by atoms with E-state index in [1.54, 1.807) is 0 Å². The first-order chi connectivity index (χ1) is 16.2. The van der Waals surface area contributed by atoms with Crippen LogP contribution >= 0.6 is 0 Å². The van der Waals surface area contributed by atoms with Crippen molar-refractivity contribution in [1.82, 2.24) is 4.90 Å². The summed E-state index contributed by atoms with van der Waals surface area (Å²) in [7, 11) is 0. The average molecular weight is 446 g/mol. The highest BCUT2D eigenvalue weighted by Crippen LogP contribution is 2.33. The molecule has 33 heavy (non-hydrogen) atoms. The van der Waals surface area contributed by atoms with Gasteiger partial charge in [0.05, 0.1) is 6.04 Å². The molecule has 2 atom stereocenters. The normalized spacial score (nSPS) is 22.9. The molecular formula is C29H39N3O. The van der Waals surface area contributed by atoms with Gasteiger partial charge in [-0.05, 0) is 55.4 Å². The van der Waals surface area contributed by atoms with E-state index in [0.717, 1.165) is 58.3 Å². The van der Waals surface area contributed by atoms with Crippen LogP contribution in [0.4, 0.5) is 11.4 Å². The van der Waals surface area contributed by atoms with Gasteiger partial charge in [-0.15, -0.1) is 0 Å². The van der Waals surface area contributed by atoms with E-state index in [-0.39, 0.29) is 18.0 Å². The lowest BCUT2D eigenvalue weighted by atomic mass is 9.80. The van der Waals surface area contributed by atoms with Crippen molar-refractivity contribution in [3.8, 4) is 0 Å². The SMILES string of the molecule is CCc1ccccc1N1CCN(C(C(=O)C2CCCCC2)C2CCc3ccccc3N2)CC1. The van der Waals surface area contributed by atoms with Crippen LogP contribution in [0.25, 0.3) is 0 Å². The van der Waals surface area contributed by atoms with Crippen molar-refractivity contribution in [2.45, 2.75) is 70.4 Å². The molecule has 0 radical (unpaired) electrons. The zero-order valence-corrected chi connectivity index (χ0v) is 20.1. The highest BCUT2D eigenvalue weighted by atomic mass is 16.1. The molecule has 2 aromatic carbocycles. The lowest BCUT2D eigenvalue weighted by Crippen LogP contribution is -2.60. The lowest BCUT2D eigenvalue weighted by molar-refractivity contribution is -0.130. The molecule has 2 aromatic rings. The van der Waals surface area contributed by atoms with Gasteiger partial charge in [-0.2, -0.15) is 0 Å². The number of hydrogen-bond donors (Lipinski definition) is 1. The fourth-order valence-electron chi connectivity index (χ4n) is 6.32. The molecule has 0 spiro atoms. The van der Waals surface area contributed by atoms with Crippen LogP contribution < -0.4 is 10.2 Å². The molecule has 2 unspecified atom stereocenters. The number of Topliss-reactive ketones (excluding diaryl/α,β-unsaturated/α-hetero) is 1. The summed E-state index contributed by atoms with van der Waals surface area (Å²) in [5.74, 6) is 0.760. The van der Waals surface area contributed by atoms with Crippen molar-refractivity contribution in [2.24, 2.45) is 5.92 Å². The Morgan fingerprint density at radius 3 is 2.45 bits per heavy atom. The monoisotopic (exact) mass is 445 g/mol. The Labute approximate surface area is 199 Å². The van der Waals surface area contributed by atoms with Gasteiger partial charge >= 0.3 is 0 Å². The summed E-state index contributed by atoms with van der Waals surface area (Å²) >= 11 is 0. The van der Waals surface area contributed by atoms with Gasteiger partial charge in [0.25, 0.3) is 0 Å². The molecule has 4 heteroatoms. The summed E-state index contributed by atoms with van der Waals surface area (Å²) in [5.41, 5.74) is 5.41. The molecule has 4 nitrogen and oxygen atoms in total. The Morgan fingerprint density at radius 2 is 1.67 bits per heavy atom. The predicted octanol–water partition coefficient (Wildman–Crippen LogP) is 5.32. The molecule has 2 aliphatic heterocycles. The van der Waals surface area contributed by atoms with E-state index in [0.29, 0.717) is 5.78 Å². The number of piperazine rings is 1. The van der Waals surface area contributed by atoms with Gasteiger partial charge in [0.1, 0.15) is 0 Å². The Kier molecular flexibility index (Phi) is 7.01. The Hall–Kier alpha value is -2.33. The maximum atomic E-state index is 14.0. The van der Waals surface area contributed by atoms with E-state index in [1.807, 2.05) is 0 Å². The van der Waals surface area contributed by atoms with Crippen molar-refractivity contribution >= 4 is 17.2 Å². The minimum Gasteiger partial charge on any atom is -0.380 e. The molecule has 1 aliphatic carbocycles. The Balaban J connectivity index is 1.34. The molecule has 1 saturated heterocycles. The molecule has 5 rings (SSSR count). The first-order valence-electron chi connectivity index (χ1n) is 13.2. The van der Waals surface area contributed by atoms with Crippen LogP contribution in [0, 0.1) is 5.92 Å². The predicted molar refractivity (Wildman–Crippen MR) is 137 cm³/mol. The number of nitrogens with zero attached hydrogens (tertiary/aromatic N) is 2. The molecule has 0 aromatic heterocycles.